The third-order valence-corrected chi connectivity index (χ3v) is 4.59. The molecule has 1 saturated heterocycles. The monoisotopic (exact) mass is 538 g/mol. The molecule has 1 heterocycles. The molecule has 1 unspecified atom stereocenters. The minimum absolute atomic E-state index is 0.275. The number of carbonyl (C=O) groups is 6. The first-order chi connectivity index (χ1) is 17.3. The van der Waals surface area contributed by atoms with Gasteiger partial charge in [0.15, 0.2) is 24.6 Å². The summed E-state index contributed by atoms with van der Waals surface area (Å²) in [5.41, 5.74) is -3.45. The summed E-state index contributed by atoms with van der Waals surface area (Å²) in [6.45, 7) is 4.43. The van der Waals surface area contributed by atoms with E-state index in [1.165, 1.54) is 13.8 Å². The lowest BCUT2D eigenvalue weighted by molar-refractivity contribution is -0.312. The number of carbonyl (C=O) groups excluding carboxylic acids is 6. The molecule has 15 heteroatoms. The van der Waals surface area contributed by atoms with Gasteiger partial charge in [-0.15, -0.1) is 0 Å². The first kappa shape index (κ1) is 31.7. The first-order valence-corrected chi connectivity index (χ1v) is 11.2. The van der Waals surface area contributed by atoms with Crippen LogP contribution in [0.3, 0.4) is 0 Å². The van der Waals surface area contributed by atoms with E-state index in [2.05, 4.69) is 9.47 Å². The lowest BCUT2D eigenvalue weighted by atomic mass is 9.98. The van der Waals surface area contributed by atoms with Crippen LogP contribution in [0.1, 0.15) is 41.5 Å². The molecule has 0 radical (unpaired) electrons. The fourth-order valence-electron chi connectivity index (χ4n) is 3.21. The maximum absolute atomic E-state index is 15.5. The Morgan fingerprint density at radius 1 is 0.703 bits per heavy atom. The number of alkyl halides is 1. The van der Waals surface area contributed by atoms with E-state index in [4.69, 9.17) is 28.4 Å². The van der Waals surface area contributed by atoms with Crippen LogP contribution in [0.4, 0.5) is 4.39 Å². The summed E-state index contributed by atoms with van der Waals surface area (Å²) in [5.74, 6) is -6.66. The summed E-state index contributed by atoms with van der Waals surface area (Å²) in [6.07, 6.45) is -7.96. The van der Waals surface area contributed by atoms with Crippen LogP contribution in [0.25, 0.3) is 0 Å². The van der Waals surface area contributed by atoms with Crippen LogP contribution < -0.4 is 0 Å². The van der Waals surface area contributed by atoms with Gasteiger partial charge < -0.3 is 37.9 Å². The van der Waals surface area contributed by atoms with E-state index >= 15 is 4.39 Å². The first-order valence-electron chi connectivity index (χ1n) is 11.2. The topological polar surface area (TPSA) is 176 Å². The highest BCUT2D eigenvalue weighted by Gasteiger charge is 2.56. The van der Waals surface area contributed by atoms with Gasteiger partial charge in [-0.05, 0) is 13.8 Å². The fourth-order valence-corrected chi connectivity index (χ4v) is 3.21. The van der Waals surface area contributed by atoms with Gasteiger partial charge in [-0.1, -0.05) is 0 Å². The summed E-state index contributed by atoms with van der Waals surface area (Å²) in [5, 5.41) is 0. The second-order valence-corrected chi connectivity index (χ2v) is 7.62. The van der Waals surface area contributed by atoms with Gasteiger partial charge in [0.2, 0.25) is 0 Å². The van der Waals surface area contributed by atoms with Crippen molar-refractivity contribution in [2.75, 3.05) is 26.4 Å². The SMILES string of the molecule is CCOC(=O)C(F)(COC1O[C@H](COC(C)=O)[C@@H](OC(C)=O)[C@H](OC(C)=O)[C@H]1OC(C)=O)C(=O)OCC. The highest BCUT2D eigenvalue weighted by Crippen LogP contribution is 2.31. The van der Waals surface area contributed by atoms with Crippen molar-refractivity contribution in [1.82, 2.24) is 0 Å². The minimum Gasteiger partial charge on any atom is -0.463 e. The van der Waals surface area contributed by atoms with Gasteiger partial charge >= 0.3 is 41.5 Å². The van der Waals surface area contributed by atoms with Crippen molar-refractivity contribution in [2.24, 2.45) is 0 Å². The molecular weight excluding hydrogens is 507 g/mol. The van der Waals surface area contributed by atoms with Crippen molar-refractivity contribution >= 4 is 35.8 Å². The zero-order valence-corrected chi connectivity index (χ0v) is 21.3. The molecular formula is C22H31FO14. The van der Waals surface area contributed by atoms with Crippen LogP contribution in [0.2, 0.25) is 0 Å². The smallest absolute Gasteiger partial charge is 0.358 e. The molecule has 0 aromatic heterocycles. The molecule has 1 aliphatic rings. The molecule has 37 heavy (non-hydrogen) atoms. The molecule has 5 atom stereocenters. The van der Waals surface area contributed by atoms with Gasteiger partial charge in [-0.3, -0.25) is 19.2 Å². The molecule has 1 rings (SSSR count). The number of esters is 6. The molecule has 0 aromatic rings. The van der Waals surface area contributed by atoms with Crippen LogP contribution >= 0.6 is 0 Å². The van der Waals surface area contributed by atoms with Crippen molar-refractivity contribution in [2.45, 2.75) is 77.9 Å². The van der Waals surface area contributed by atoms with Gasteiger partial charge in [-0.25, -0.2) is 14.0 Å². The van der Waals surface area contributed by atoms with Crippen LogP contribution in [-0.2, 0) is 66.7 Å². The second-order valence-electron chi connectivity index (χ2n) is 7.62. The molecule has 0 spiro atoms. The zero-order valence-electron chi connectivity index (χ0n) is 21.3. The van der Waals surface area contributed by atoms with E-state index < -0.39 is 85.4 Å². The quantitative estimate of drug-likeness (QED) is 0.183. The van der Waals surface area contributed by atoms with Gasteiger partial charge in [0.05, 0.1) is 13.2 Å². The molecule has 1 fully saturated rings. The standard InChI is InChI=1S/C22H31FO14/c1-7-30-20(28)22(23,21(29)31-8-2)10-33-19-18(36-14(6)27)17(35-13(5)26)16(34-12(4)25)15(37-19)9-32-11(3)24/h15-19H,7-10H2,1-6H3/t15-,16-,17+,18-,19?/m1/s1. The molecule has 0 aromatic carbocycles. The van der Waals surface area contributed by atoms with E-state index in [-0.39, 0.29) is 13.2 Å². The van der Waals surface area contributed by atoms with Crippen LogP contribution in [0.5, 0.6) is 0 Å². The molecule has 210 valence electrons. The second kappa shape index (κ2) is 14.4. The van der Waals surface area contributed by atoms with Crippen LogP contribution in [-0.4, -0.2) is 98.6 Å². The fraction of sp³-hybridized carbons (Fsp3) is 0.727. The Morgan fingerprint density at radius 3 is 1.59 bits per heavy atom. The van der Waals surface area contributed by atoms with E-state index in [9.17, 15) is 28.8 Å². The summed E-state index contributed by atoms with van der Waals surface area (Å²) in [6, 6.07) is 0. The van der Waals surface area contributed by atoms with Gasteiger partial charge in [-0.2, -0.15) is 0 Å². The number of hydrogen-bond donors (Lipinski definition) is 0. The third-order valence-electron chi connectivity index (χ3n) is 4.59. The summed E-state index contributed by atoms with van der Waals surface area (Å²) < 4.78 is 56.3. The maximum atomic E-state index is 15.5. The Bertz CT molecular complexity index is 840. The molecule has 0 saturated carbocycles. The minimum atomic E-state index is -3.45. The number of rotatable bonds is 12. The Hall–Kier alpha value is -3.33. The van der Waals surface area contributed by atoms with E-state index in [0.717, 1.165) is 27.7 Å². The van der Waals surface area contributed by atoms with Gasteiger partial charge in [0, 0.05) is 27.7 Å². The van der Waals surface area contributed by atoms with Crippen molar-refractivity contribution in [1.29, 1.82) is 0 Å². The Labute approximate surface area is 211 Å². The average molecular weight is 538 g/mol. The highest BCUT2D eigenvalue weighted by atomic mass is 19.1. The third kappa shape index (κ3) is 9.24. The Morgan fingerprint density at radius 2 is 1.16 bits per heavy atom. The van der Waals surface area contributed by atoms with Gasteiger partial charge in [0.1, 0.15) is 19.3 Å². The summed E-state index contributed by atoms with van der Waals surface area (Å²) in [4.78, 5) is 71.3. The lowest BCUT2D eigenvalue weighted by Crippen LogP contribution is -2.63. The summed E-state index contributed by atoms with van der Waals surface area (Å²) in [7, 11) is 0. The molecule has 14 nitrogen and oxygen atoms in total. The largest absolute Gasteiger partial charge is 0.463 e. The van der Waals surface area contributed by atoms with Crippen molar-refractivity contribution in [3.8, 4) is 0 Å². The van der Waals surface area contributed by atoms with Crippen molar-refractivity contribution in [3.63, 3.8) is 0 Å². The lowest BCUT2D eigenvalue weighted by Gasteiger charge is -2.44. The normalized spacial score (nSPS) is 23.3. The summed E-state index contributed by atoms with van der Waals surface area (Å²) >= 11 is 0. The predicted octanol–water partition coefficient (Wildman–Crippen LogP) is -0.0794. The molecule has 1 aliphatic heterocycles. The number of hydrogen-bond acceptors (Lipinski definition) is 14. The van der Waals surface area contributed by atoms with Crippen LogP contribution in [0, 0.1) is 0 Å². The van der Waals surface area contributed by atoms with Crippen LogP contribution in [0.15, 0.2) is 0 Å². The Kier molecular flexibility index (Phi) is 12.4. The molecule has 0 aliphatic carbocycles. The average Bonchev–Trinajstić information content (AvgIpc) is 2.78. The maximum Gasteiger partial charge on any atom is 0.358 e. The number of halogens is 1. The highest BCUT2D eigenvalue weighted by molar-refractivity contribution is 6.03. The van der Waals surface area contributed by atoms with E-state index in [0.29, 0.717) is 0 Å². The molecule has 0 amide bonds. The predicted molar refractivity (Wildman–Crippen MR) is 115 cm³/mol. The number of ether oxygens (including phenoxy) is 8. The van der Waals surface area contributed by atoms with E-state index in [1.54, 1.807) is 0 Å². The molecule has 0 N–H and O–H groups in total. The molecule has 0 bridgehead atoms. The van der Waals surface area contributed by atoms with Gasteiger partial charge in [0.25, 0.3) is 0 Å². The zero-order chi connectivity index (χ0) is 28.3. The Balaban J connectivity index is 3.45. The van der Waals surface area contributed by atoms with E-state index in [1.807, 2.05) is 0 Å². The van der Waals surface area contributed by atoms with Crippen molar-refractivity contribution < 1.29 is 71.1 Å². The van der Waals surface area contributed by atoms with Crippen molar-refractivity contribution in [3.05, 3.63) is 0 Å².